The van der Waals surface area contributed by atoms with Gasteiger partial charge in [-0.25, -0.2) is 0 Å². The maximum Gasteiger partial charge on any atom is 0.248 e. The minimum absolute atomic E-state index is 0.0142. The molecule has 0 heterocycles. The van der Waals surface area contributed by atoms with Crippen molar-refractivity contribution in [3.05, 3.63) is 0 Å². The van der Waals surface area contributed by atoms with Crippen LogP contribution in [0.25, 0.3) is 0 Å². The summed E-state index contributed by atoms with van der Waals surface area (Å²) in [7, 11) is 1.60. The standard InChI is InChI=1S/C13H25NO4/c1-17-9-10-18-11-13(16)14(7-8-15)12-5-3-2-4-6-12/h12,15H,2-11H2,1H3. The number of amides is 1. The lowest BCUT2D eigenvalue weighted by Crippen LogP contribution is -2.44. The van der Waals surface area contributed by atoms with Crippen LogP contribution < -0.4 is 0 Å². The van der Waals surface area contributed by atoms with E-state index < -0.39 is 0 Å². The number of carbonyl (C=O) groups excluding carboxylic acids is 1. The minimum atomic E-state index is -0.0212. The van der Waals surface area contributed by atoms with Crippen molar-refractivity contribution in [2.75, 3.05) is 40.1 Å². The van der Waals surface area contributed by atoms with Gasteiger partial charge in [0.25, 0.3) is 0 Å². The molecular weight excluding hydrogens is 234 g/mol. The van der Waals surface area contributed by atoms with Crippen LogP contribution in [0.4, 0.5) is 0 Å². The third-order valence-electron chi connectivity index (χ3n) is 3.33. The van der Waals surface area contributed by atoms with Gasteiger partial charge in [0.05, 0.1) is 19.8 Å². The van der Waals surface area contributed by atoms with Gasteiger partial charge in [0.15, 0.2) is 0 Å². The van der Waals surface area contributed by atoms with E-state index in [1.807, 2.05) is 0 Å². The van der Waals surface area contributed by atoms with Crippen molar-refractivity contribution in [1.82, 2.24) is 4.90 Å². The molecule has 1 saturated carbocycles. The molecular formula is C13H25NO4. The Balaban J connectivity index is 2.36. The fraction of sp³-hybridized carbons (Fsp3) is 0.923. The lowest BCUT2D eigenvalue weighted by atomic mass is 9.94. The van der Waals surface area contributed by atoms with E-state index in [4.69, 9.17) is 14.6 Å². The van der Waals surface area contributed by atoms with Crippen LogP contribution in [-0.4, -0.2) is 62.0 Å². The molecule has 0 atom stereocenters. The Hall–Kier alpha value is -0.650. The zero-order chi connectivity index (χ0) is 13.2. The largest absolute Gasteiger partial charge is 0.395 e. The summed E-state index contributed by atoms with van der Waals surface area (Å²) in [5.41, 5.74) is 0. The van der Waals surface area contributed by atoms with E-state index in [1.54, 1.807) is 12.0 Å². The summed E-state index contributed by atoms with van der Waals surface area (Å²) in [6, 6.07) is 0.282. The molecule has 1 fully saturated rings. The van der Waals surface area contributed by atoms with Crippen LogP contribution >= 0.6 is 0 Å². The molecule has 0 aromatic carbocycles. The van der Waals surface area contributed by atoms with Crippen LogP contribution in [0.5, 0.6) is 0 Å². The van der Waals surface area contributed by atoms with Crippen LogP contribution in [0, 0.1) is 0 Å². The van der Waals surface area contributed by atoms with Crippen molar-refractivity contribution in [3.8, 4) is 0 Å². The molecule has 1 rings (SSSR count). The average molecular weight is 259 g/mol. The molecule has 18 heavy (non-hydrogen) atoms. The second kappa shape index (κ2) is 9.30. The number of carbonyl (C=O) groups is 1. The van der Waals surface area contributed by atoms with Crippen molar-refractivity contribution >= 4 is 5.91 Å². The number of rotatable bonds is 8. The van der Waals surface area contributed by atoms with Gasteiger partial charge in [0, 0.05) is 19.7 Å². The van der Waals surface area contributed by atoms with Crippen molar-refractivity contribution in [1.29, 1.82) is 0 Å². The van der Waals surface area contributed by atoms with E-state index in [-0.39, 0.29) is 25.2 Å². The van der Waals surface area contributed by atoms with Gasteiger partial charge in [0.2, 0.25) is 5.91 Å². The predicted molar refractivity (Wildman–Crippen MR) is 68.4 cm³/mol. The number of hydrogen-bond donors (Lipinski definition) is 1. The summed E-state index contributed by atoms with van der Waals surface area (Å²) in [6.07, 6.45) is 5.68. The molecule has 106 valence electrons. The van der Waals surface area contributed by atoms with Crippen LogP contribution in [0.2, 0.25) is 0 Å². The first-order chi connectivity index (χ1) is 8.79. The molecule has 0 saturated heterocycles. The Labute approximate surface area is 109 Å². The Kier molecular flexibility index (Phi) is 7.96. The highest BCUT2D eigenvalue weighted by molar-refractivity contribution is 5.77. The van der Waals surface area contributed by atoms with Crippen LogP contribution in [-0.2, 0) is 14.3 Å². The molecule has 0 aliphatic heterocycles. The highest BCUT2D eigenvalue weighted by atomic mass is 16.5. The van der Waals surface area contributed by atoms with Crippen LogP contribution in [0.1, 0.15) is 32.1 Å². The molecule has 1 aliphatic rings. The normalized spacial score (nSPS) is 16.8. The van der Waals surface area contributed by atoms with Crippen molar-refractivity contribution < 1.29 is 19.4 Å². The molecule has 0 radical (unpaired) electrons. The monoisotopic (exact) mass is 259 g/mol. The van der Waals surface area contributed by atoms with Gasteiger partial charge < -0.3 is 19.5 Å². The van der Waals surface area contributed by atoms with E-state index in [0.717, 1.165) is 12.8 Å². The predicted octanol–water partition coefficient (Wildman–Crippen LogP) is 0.803. The minimum Gasteiger partial charge on any atom is -0.395 e. The summed E-state index contributed by atoms with van der Waals surface area (Å²) in [6.45, 7) is 1.44. The first-order valence-corrected chi connectivity index (χ1v) is 6.76. The van der Waals surface area contributed by atoms with Gasteiger partial charge >= 0.3 is 0 Å². The molecule has 0 aromatic rings. The van der Waals surface area contributed by atoms with Gasteiger partial charge in [-0.3, -0.25) is 4.79 Å². The molecule has 1 amide bonds. The zero-order valence-corrected chi connectivity index (χ0v) is 11.3. The number of hydrogen-bond acceptors (Lipinski definition) is 4. The van der Waals surface area contributed by atoms with Crippen LogP contribution in [0.15, 0.2) is 0 Å². The van der Waals surface area contributed by atoms with E-state index in [0.29, 0.717) is 19.8 Å². The first-order valence-electron chi connectivity index (χ1n) is 6.76. The van der Waals surface area contributed by atoms with Crippen molar-refractivity contribution in [3.63, 3.8) is 0 Å². The van der Waals surface area contributed by atoms with E-state index in [1.165, 1.54) is 19.3 Å². The Bertz CT molecular complexity index is 229. The molecule has 5 nitrogen and oxygen atoms in total. The molecule has 0 spiro atoms. The number of aliphatic hydroxyl groups excluding tert-OH is 1. The molecule has 0 aromatic heterocycles. The molecule has 1 aliphatic carbocycles. The highest BCUT2D eigenvalue weighted by Crippen LogP contribution is 2.22. The van der Waals surface area contributed by atoms with Gasteiger partial charge in [-0.1, -0.05) is 19.3 Å². The smallest absolute Gasteiger partial charge is 0.248 e. The van der Waals surface area contributed by atoms with Gasteiger partial charge in [-0.2, -0.15) is 0 Å². The number of nitrogens with zero attached hydrogens (tertiary/aromatic N) is 1. The second-order valence-corrected chi connectivity index (χ2v) is 4.65. The second-order valence-electron chi connectivity index (χ2n) is 4.65. The van der Waals surface area contributed by atoms with Gasteiger partial charge in [-0.05, 0) is 12.8 Å². The zero-order valence-electron chi connectivity index (χ0n) is 11.3. The number of ether oxygens (including phenoxy) is 2. The summed E-state index contributed by atoms with van der Waals surface area (Å²) in [4.78, 5) is 13.8. The first kappa shape index (κ1) is 15.4. The van der Waals surface area contributed by atoms with Crippen LogP contribution in [0.3, 0.4) is 0 Å². The topological polar surface area (TPSA) is 59.0 Å². The molecule has 0 bridgehead atoms. The Morgan fingerprint density at radius 2 is 2.00 bits per heavy atom. The lowest BCUT2D eigenvalue weighted by molar-refractivity contribution is -0.140. The average Bonchev–Trinajstić information content (AvgIpc) is 2.41. The SMILES string of the molecule is COCCOCC(=O)N(CCO)C1CCCCC1. The van der Waals surface area contributed by atoms with Gasteiger partial charge in [0.1, 0.15) is 6.61 Å². The Morgan fingerprint density at radius 3 is 2.61 bits per heavy atom. The fourth-order valence-electron chi connectivity index (χ4n) is 2.40. The maximum atomic E-state index is 12.0. The summed E-state index contributed by atoms with van der Waals surface area (Å²) in [5.74, 6) is -0.0212. The number of methoxy groups -OCH3 is 1. The summed E-state index contributed by atoms with van der Waals surface area (Å²) in [5, 5.41) is 9.07. The van der Waals surface area contributed by atoms with Gasteiger partial charge in [-0.15, -0.1) is 0 Å². The maximum absolute atomic E-state index is 12.0. The highest BCUT2D eigenvalue weighted by Gasteiger charge is 2.24. The molecule has 5 heteroatoms. The van der Waals surface area contributed by atoms with Crippen molar-refractivity contribution in [2.24, 2.45) is 0 Å². The third kappa shape index (κ3) is 5.33. The lowest BCUT2D eigenvalue weighted by Gasteiger charge is -2.34. The quantitative estimate of drug-likeness (QED) is 0.655. The van der Waals surface area contributed by atoms with E-state index in [2.05, 4.69) is 0 Å². The third-order valence-corrected chi connectivity index (χ3v) is 3.33. The van der Waals surface area contributed by atoms with E-state index >= 15 is 0 Å². The summed E-state index contributed by atoms with van der Waals surface area (Å²) >= 11 is 0. The fourth-order valence-corrected chi connectivity index (χ4v) is 2.40. The number of aliphatic hydroxyl groups is 1. The van der Waals surface area contributed by atoms with E-state index in [9.17, 15) is 4.79 Å². The Morgan fingerprint density at radius 1 is 1.28 bits per heavy atom. The summed E-state index contributed by atoms with van der Waals surface area (Å²) < 4.78 is 10.1. The molecule has 0 unspecified atom stereocenters. The van der Waals surface area contributed by atoms with Crippen molar-refractivity contribution in [2.45, 2.75) is 38.1 Å². The molecule has 1 N–H and O–H groups in total.